The predicted octanol–water partition coefficient (Wildman–Crippen LogP) is 4.55. The van der Waals surface area contributed by atoms with Crippen LogP contribution < -0.4 is 34.3 Å². The number of nitrogens with zero attached hydrogens (tertiary/aromatic N) is 2. The Morgan fingerprint density at radius 2 is 1.70 bits per heavy atom. The number of hydrogen-bond donors (Lipinski definition) is 2. The molecule has 3 heterocycles. The number of esters is 1. The van der Waals surface area contributed by atoms with Crippen molar-refractivity contribution in [2.24, 2.45) is 5.73 Å². The molecule has 3 aromatic carbocycles. The molecule has 0 aliphatic carbocycles. The minimum atomic E-state index is -1.74. The van der Waals surface area contributed by atoms with E-state index in [0.717, 1.165) is 5.57 Å². The summed E-state index contributed by atoms with van der Waals surface area (Å²) in [5, 5.41) is 20.7. The molecule has 0 bridgehead atoms. The van der Waals surface area contributed by atoms with Gasteiger partial charge in [-0.15, -0.1) is 0 Å². The molecule has 11 heteroatoms. The summed E-state index contributed by atoms with van der Waals surface area (Å²) in [6.45, 7) is 5.70. The molecule has 224 valence electrons. The first kappa shape index (κ1) is 28.5. The second kappa shape index (κ2) is 9.70. The van der Waals surface area contributed by atoms with Crippen molar-refractivity contribution in [1.29, 1.82) is 5.26 Å². The lowest BCUT2D eigenvalue weighted by atomic mass is 9.68. The van der Waals surface area contributed by atoms with E-state index in [9.17, 15) is 20.0 Å². The number of methoxy groups -OCH3 is 3. The van der Waals surface area contributed by atoms with Crippen LogP contribution in [0.25, 0.3) is 5.57 Å². The molecule has 3 aliphatic rings. The van der Waals surface area contributed by atoms with E-state index < -0.39 is 22.8 Å². The second-order valence-corrected chi connectivity index (χ2v) is 11.2. The number of phenolic OH excluding ortho intramolecular Hbond substituents is 1. The highest BCUT2D eigenvalue weighted by Gasteiger charge is 2.62. The van der Waals surface area contributed by atoms with Crippen LogP contribution in [0.4, 0.5) is 5.69 Å². The van der Waals surface area contributed by atoms with Gasteiger partial charge in [-0.1, -0.05) is 6.08 Å². The molecule has 0 saturated heterocycles. The van der Waals surface area contributed by atoms with E-state index in [4.69, 9.17) is 29.4 Å². The van der Waals surface area contributed by atoms with Crippen molar-refractivity contribution in [1.82, 2.24) is 0 Å². The zero-order chi connectivity index (χ0) is 31.7. The van der Waals surface area contributed by atoms with E-state index in [0.29, 0.717) is 28.1 Å². The van der Waals surface area contributed by atoms with Crippen LogP contribution in [0.5, 0.6) is 34.5 Å². The van der Waals surface area contributed by atoms with Crippen molar-refractivity contribution >= 4 is 23.1 Å². The van der Waals surface area contributed by atoms with Gasteiger partial charge in [0.25, 0.3) is 0 Å². The summed E-state index contributed by atoms with van der Waals surface area (Å²) in [4.78, 5) is 30.0. The molecule has 44 heavy (non-hydrogen) atoms. The van der Waals surface area contributed by atoms with Crippen LogP contribution in [0.15, 0.2) is 60.0 Å². The van der Waals surface area contributed by atoms with Crippen molar-refractivity contribution < 1.29 is 38.4 Å². The molecule has 1 spiro atoms. The summed E-state index contributed by atoms with van der Waals surface area (Å²) in [7, 11) is 4.33. The van der Waals surface area contributed by atoms with Gasteiger partial charge < -0.3 is 39.4 Å². The van der Waals surface area contributed by atoms with Crippen LogP contribution in [0.3, 0.4) is 0 Å². The molecule has 3 aliphatic heterocycles. The van der Waals surface area contributed by atoms with Crippen LogP contribution in [0.2, 0.25) is 0 Å². The fourth-order valence-electron chi connectivity index (χ4n) is 6.50. The highest BCUT2D eigenvalue weighted by molar-refractivity contribution is 6.18. The zero-order valence-corrected chi connectivity index (χ0v) is 24.9. The van der Waals surface area contributed by atoms with Crippen molar-refractivity contribution in [3.05, 3.63) is 82.3 Å². The fraction of sp³-hybridized carbons (Fsp3) is 0.242. The van der Waals surface area contributed by atoms with Gasteiger partial charge in [-0.05, 0) is 62.7 Å². The Balaban J connectivity index is 1.60. The minimum absolute atomic E-state index is 0.106. The topological polar surface area (TPSA) is 154 Å². The normalized spacial score (nSPS) is 19.0. The Kier molecular flexibility index (Phi) is 6.28. The average Bonchev–Trinajstić information content (AvgIpc) is 3.24. The average molecular weight is 596 g/mol. The third-order valence-electron chi connectivity index (χ3n) is 8.24. The number of phenols is 1. The summed E-state index contributed by atoms with van der Waals surface area (Å²) in [5.74, 6) is -0.416. The molecule has 0 aromatic heterocycles. The van der Waals surface area contributed by atoms with Gasteiger partial charge in [-0.25, -0.2) is 4.79 Å². The third-order valence-corrected chi connectivity index (χ3v) is 8.24. The van der Waals surface area contributed by atoms with E-state index >= 15 is 0 Å². The highest BCUT2D eigenvalue weighted by Crippen LogP contribution is 2.60. The monoisotopic (exact) mass is 595 g/mol. The lowest BCUT2D eigenvalue weighted by molar-refractivity contribution is -0.121. The van der Waals surface area contributed by atoms with Crippen LogP contribution in [-0.4, -0.2) is 43.9 Å². The molecule has 11 nitrogen and oxygen atoms in total. The van der Waals surface area contributed by atoms with Crippen molar-refractivity contribution in [2.45, 2.75) is 31.7 Å². The summed E-state index contributed by atoms with van der Waals surface area (Å²) >= 11 is 0. The van der Waals surface area contributed by atoms with Gasteiger partial charge in [0.05, 0.1) is 38.1 Å². The van der Waals surface area contributed by atoms with Crippen molar-refractivity contribution in [3.63, 3.8) is 0 Å². The highest BCUT2D eigenvalue weighted by atomic mass is 16.5. The van der Waals surface area contributed by atoms with Crippen LogP contribution in [0.1, 0.15) is 47.8 Å². The lowest BCUT2D eigenvalue weighted by Crippen LogP contribution is -2.53. The Morgan fingerprint density at radius 3 is 2.32 bits per heavy atom. The predicted molar refractivity (Wildman–Crippen MR) is 159 cm³/mol. The van der Waals surface area contributed by atoms with Gasteiger partial charge in [0.2, 0.25) is 17.5 Å². The van der Waals surface area contributed by atoms with Gasteiger partial charge in [0, 0.05) is 22.8 Å². The number of hydrogen-bond acceptors (Lipinski definition) is 10. The number of amides is 1. The van der Waals surface area contributed by atoms with Gasteiger partial charge in [-0.2, -0.15) is 5.26 Å². The van der Waals surface area contributed by atoms with Crippen molar-refractivity contribution in [2.75, 3.05) is 26.2 Å². The van der Waals surface area contributed by atoms with Crippen LogP contribution in [-0.2, 0) is 10.2 Å². The van der Waals surface area contributed by atoms with E-state index in [-0.39, 0.29) is 45.8 Å². The molecule has 1 atom stereocenters. The number of rotatable bonds is 5. The summed E-state index contributed by atoms with van der Waals surface area (Å²) in [6, 6.07) is 12.6. The first-order chi connectivity index (χ1) is 20.9. The van der Waals surface area contributed by atoms with Gasteiger partial charge >= 0.3 is 5.97 Å². The molecule has 0 fully saturated rings. The largest absolute Gasteiger partial charge is 0.508 e. The summed E-state index contributed by atoms with van der Waals surface area (Å²) in [6.07, 6.45) is 1.94. The molecular formula is C33H29N3O8. The van der Waals surface area contributed by atoms with Crippen LogP contribution >= 0.6 is 0 Å². The Bertz CT molecular complexity index is 1880. The zero-order valence-electron chi connectivity index (χ0n) is 24.9. The van der Waals surface area contributed by atoms with E-state index in [2.05, 4.69) is 6.07 Å². The van der Waals surface area contributed by atoms with Crippen LogP contribution in [0, 0.1) is 11.3 Å². The lowest BCUT2D eigenvalue weighted by Gasteiger charge is -2.40. The number of ether oxygens (including phenoxy) is 5. The number of carbonyl (C=O) groups is 2. The van der Waals surface area contributed by atoms with Gasteiger partial charge in [-0.3, -0.25) is 4.79 Å². The quantitative estimate of drug-likeness (QED) is 0.317. The Morgan fingerprint density at radius 1 is 1.02 bits per heavy atom. The minimum Gasteiger partial charge on any atom is -0.508 e. The Labute approximate surface area is 253 Å². The maximum atomic E-state index is 14.8. The number of nitrogens with two attached hydrogens (primary N) is 1. The number of benzene rings is 3. The van der Waals surface area contributed by atoms with E-state index in [1.807, 2.05) is 26.8 Å². The SMILES string of the molecule is COc1cc(C(=O)Oc2cc3c4c(c2)C2(C(=O)N4C(C)(C)C=C3C)C(C#N)=C(N)Oc3cc(O)ccc32)cc(OC)c1OC. The number of aromatic hydroxyl groups is 1. The first-order valence-electron chi connectivity index (χ1n) is 13.6. The number of fused-ring (bicyclic) bond motifs is 3. The molecule has 1 amide bonds. The molecular weight excluding hydrogens is 566 g/mol. The Hall–Kier alpha value is -5.63. The summed E-state index contributed by atoms with van der Waals surface area (Å²) < 4.78 is 27.8. The van der Waals surface area contributed by atoms with Gasteiger partial charge in [0.15, 0.2) is 11.5 Å². The van der Waals surface area contributed by atoms with E-state index in [1.54, 1.807) is 23.1 Å². The fourth-order valence-corrected chi connectivity index (χ4v) is 6.50. The number of nitriles is 1. The standard InChI is InChI=1S/C33H29N3O8/c1-16-14-32(2,3)36-27-20(16)12-19(43-30(38)17-9-25(40-4)28(42-6)26(10-17)41-5)13-22(27)33(31(36)39)21-8-7-18(37)11-24(21)44-29(35)23(33)15-34/h7-14,37H,35H2,1-6H3. The molecule has 0 saturated carbocycles. The molecule has 3 aromatic rings. The smallest absolute Gasteiger partial charge is 0.343 e. The number of anilines is 1. The van der Waals surface area contributed by atoms with Crippen molar-refractivity contribution in [3.8, 4) is 40.6 Å². The van der Waals surface area contributed by atoms with E-state index in [1.165, 1.54) is 45.6 Å². The number of carbonyl (C=O) groups excluding carboxylic acids is 2. The molecule has 3 N–H and O–H groups in total. The number of allylic oxidation sites excluding steroid dienone is 1. The third kappa shape index (κ3) is 3.74. The molecule has 6 rings (SSSR count). The summed E-state index contributed by atoms with van der Waals surface area (Å²) in [5.41, 5.74) is 6.53. The maximum Gasteiger partial charge on any atom is 0.343 e. The molecule has 0 radical (unpaired) electrons. The second-order valence-electron chi connectivity index (χ2n) is 11.2. The first-order valence-corrected chi connectivity index (χ1v) is 13.6. The van der Waals surface area contributed by atoms with Gasteiger partial charge in [0.1, 0.15) is 34.3 Å². The molecule has 1 unspecified atom stereocenters. The maximum absolute atomic E-state index is 14.8.